The van der Waals surface area contributed by atoms with E-state index in [4.69, 9.17) is 0 Å². The van der Waals surface area contributed by atoms with E-state index in [2.05, 4.69) is 44.9 Å². The monoisotopic (exact) mass is 162 g/mol. The van der Waals surface area contributed by atoms with E-state index in [0.717, 1.165) is 0 Å². The molecular weight excluding hydrogens is 146 g/mol. The fraction of sp³-hybridized carbons (Fsp3) is 0.545. The summed E-state index contributed by atoms with van der Waals surface area (Å²) in [4.78, 5) is 4.10. The van der Waals surface area contributed by atoms with Crippen LogP contribution in [0.5, 0.6) is 0 Å². The second-order valence-electron chi connectivity index (χ2n) is 3.78. The third-order valence-corrected chi connectivity index (χ3v) is 2.02. The summed E-state index contributed by atoms with van der Waals surface area (Å²) in [6.07, 6.45) is 4.91. The van der Waals surface area contributed by atoms with Crippen LogP contribution in [0.3, 0.4) is 0 Å². The van der Waals surface area contributed by atoms with E-state index in [1.165, 1.54) is 11.1 Å². The van der Waals surface area contributed by atoms with E-state index < -0.39 is 0 Å². The molecule has 1 aromatic rings. The molecule has 0 unspecified atom stereocenters. The zero-order chi connectivity index (χ0) is 9.14. The maximum atomic E-state index is 4.10. The summed E-state index contributed by atoms with van der Waals surface area (Å²) in [6.45, 7) is 8.69. The average Bonchev–Trinajstić information content (AvgIpc) is 2.04. The molecule has 0 atom stereocenters. The van der Waals surface area contributed by atoms with Crippen molar-refractivity contribution in [3.8, 4) is 0 Å². The van der Waals surface area contributed by atoms with Crippen LogP contribution >= 0.6 is 0 Å². The number of aromatic nitrogens is 1. The van der Waals surface area contributed by atoms with Crippen molar-refractivity contribution in [2.75, 3.05) is 0 Å². The Balaban J connectivity index is 2.96. The largest absolute Gasteiger partial charge is 0.254 e. The Kier molecular flexibility index (Phi) is 2.85. The molecule has 0 aliphatic carbocycles. The van der Waals surface area contributed by atoms with Gasteiger partial charge in [0.15, 0.2) is 0 Å². The third-order valence-electron chi connectivity index (χ3n) is 2.02. The van der Waals surface area contributed by atoms with Crippen molar-refractivity contribution in [3.05, 3.63) is 29.6 Å². The molecule has 0 bridgehead atoms. The van der Waals surface area contributed by atoms with Gasteiger partial charge in [-0.3, -0.25) is 4.98 Å². The lowest BCUT2D eigenvalue weighted by Crippen LogP contribution is -1.94. The van der Waals surface area contributed by atoms with Crippen LogP contribution in [-0.4, -0.2) is 4.98 Å². The molecule has 1 nitrogen and oxygen atoms in total. The van der Waals surface area contributed by atoms with Gasteiger partial charge in [0.1, 0.15) is 0 Å². The zero-order valence-electron chi connectivity index (χ0n) is 8.26. The first-order chi connectivity index (χ1) is 5.61. The Morgan fingerprint density at radius 3 is 2.33 bits per heavy atom. The average molecular weight is 162 g/mol. The Hall–Kier alpha value is -0.850. The van der Waals surface area contributed by atoms with Crippen molar-refractivity contribution in [2.45, 2.75) is 39.5 Å². The normalized spacial score (nSPS) is 11.2. The van der Waals surface area contributed by atoms with Gasteiger partial charge in [-0.05, 0) is 23.0 Å². The van der Waals surface area contributed by atoms with Crippen LogP contribution in [0.4, 0.5) is 0 Å². The highest BCUT2D eigenvalue weighted by Gasteiger charge is 2.03. The quantitative estimate of drug-likeness (QED) is 0.651. The van der Waals surface area contributed by atoms with Crippen molar-refractivity contribution in [1.82, 2.24) is 4.98 Å². The molecule has 1 rings (SSSR count). The minimum absolute atomic E-state index is 0.524. The minimum atomic E-state index is 0.524. The highest BCUT2D eigenvalue weighted by Crippen LogP contribution is 2.18. The summed E-state index contributed by atoms with van der Waals surface area (Å²) in [6, 6.07) is 2.20. The van der Waals surface area contributed by atoms with E-state index in [1.807, 2.05) is 6.20 Å². The molecule has 0 fully saturated rings. The Labute approximate surface area is 74.8 Å². The highest BCUT2D eigenvalue weighted by atomic mass is 14.6. The summed E-state index contributed by atoms with van der Waals surface area (Å²) in [7, 11) is 0. The van der Waals surface area contributed by atoms with Crippen LogP contribution in [0.1, 0.15) is 50.7 Å². The van der Waals surface area contributed by atoms with Gasteiger partial charge in [0.2, 0.25) is 0 Å². The Bertz CT molecular complexity index is 228. The number of hydrogen-bond donors (Lipinski definition) is 0. The first-order valence-corrected chi connectivity index (χ1v) is 4.48. The summed E-state index contributed by atoms with van der Waals surface area (Å²) in [5.41, 5.74) is 2.51. The number of hydrogen-bond acceptors (Lipinski definition) is 1. The zero-order valence-corrected chi connectivity index (χ0v) is 8.26. The van der Waals surface area contributed by atoms with E-state index in [0.29, 0.717) is 11.8 Å². The summed E-state index contributed by atoms with van der Waals surface area (Å²) in [5.74, 6) is 1.08. The SMILES string of the molecule is CC(C)c1[c]ncc(C(C)C)c1. The molecule has 0 aliphatic rings. The van der Waals surface area contributed by atoms with Gasteiger partial charge in [0, 0.05) is 6.20 Å². The van der Waals surface area contributed by atoms with E-state index in [9.17, 15) is 0 Å². The molecule has 12 heavy (non-hydrogen) atoms. The Morgan fingerprint density at radius 1 is 1.17 bits per heavy atom. The van der Waals surface area contributed by atoms with Gasteiger partial charge in [-0.1, -0.05) is 33.8 Å². The van der Waals surface area contributed by atoms with Crippen molar-refractivity contribution < 1.29 is 0 Å². The summed E-state index contributed by atoms with van der Waals surface area (Å²) < 4.78 is 0. The van der Waals surface area contributed by atoms with Gasteiger partial charge in [-0.15, -0.1) is 0 Å². The van der Waals surface area contributed by atoms with E-state index >= 15 is 0 Å². The topological polar surface area (TPSA) is 12.9 Å². The first-order valence-electron chi connectivity index (χ1n) is 4.48. The second-order valence-corrected chi connectivity index (χ2v) is 3.78. The van der Waals surface area contributed by atoms with Crippen LogP contribution in [0.2, 0.25) is 0 Å². The lowest BCUT2D eigenvalue weighted by molar-refractivity contribution is 0.818. The predicted molar refractivity (Wildman–Crippen MR) is 51.3 cm³/mol. The van der Waals surface area contributed by atoms with Crippen LogP contribution < -0.4 is 0 Å². The molecule has 0 saturated heterocycles. The molecule has 1 heterocycles. The van der Waals surface area contributed by atoms with Crippen molar-refractivity contribution in [1.29, 1.82) is 0 Å². The smallest absolute Gasteiger partial charge is 0.0923 e. The molecule has 65 valence electrons. The van der Waals surface area contributed by atoms with Gasteiger partial charge >= 0.3 is 0 Å². The van der Waals surface area contributed by atoms with E-state index in [1.54, 1.807) is 0 Å². The number of rotatable bonds is 2. The Morgan fingerprint density at radius 2 is 1.83 bits per heavy atom. The maximum absolute atomic E-state index is 4.10. The van der Waals surface area contributed by atoms with Crippen LogP contribution in [0.25, 0.3) is 0 Å². The van der Waals surface area contributed by atoms with Crippen LogP contribution in [0, 0.1) is 6.20 Å². The number of pyridine rings is 1. The predicted octanol–water partition coefficient (Wildman–Crippen LogP) is 3.13. The lowest BCUT2D eigenvalue weighted by atomic mass is 9.99. The van der Waals surface area contributed by atoms with Crippen molar-refractivity contribution >= 4 is 0 Å². The first kappa shape index (κ1) is 9.24. The lowest BCUT2D eigenvalue weighted by Gasteiger charge is -2.08. The summed E-state index contributed by atoms with van der Waals surface area (Å²) >= 11 is 0. The molecule has 1 heteroatoms. The molecule has 1 radical (unpaired) electrons. The fourth-order valence-electron chi connectivity index (χ4n) is 1.04. The second kappa shape index (κ2) is 3.70. The van der Waals surface area contributed by atoms with Gasteiger partial charge < -0.3 is 0 Å². The molecular formula is C11H16N. The molecule has 0 aliphatic heterocycles. The van der Waals surface area contributed by atoms with Crippen molar-refractivity contribution in [2.24, 2.45) is 0 Å². The van der Waals surface area contributed by atoms with E-state index in [-0.39, 0.29) is 0 Å². The minimum Gasteiger partial charge on any atom is -0.254 e. The van der Waals surface area contributed by atoms with Crippen molar-refractivity contribution in [3.63, 3.8) is 0 Å². The van der Waals surface area contributed by atoms with Gasteiger partial charge in [-0.2, -0.15) is 0 Å². The molecule has 0 saturated carbocycles. The summed E-state index contributed by atoms with van der Waals surface area (Å²) in [5, 5.41) is 0. The third kappa shape index (κ3) is 2.07. The van der Waals surface area contributed by atoms with Gasteiger partial charge in [0.05, 0.1) is 6.20 Å². The molecule has 0 aromatic carbocycles. The fourth-order valence-corrected chi connectivity index (χ4v) is 1.04. The standard InChI is InChI=1S/C11H16N/c1-8(2)10-5-11(9(3)4)7-12-6-10/h5-6,8-9H,1-4H3. The molecule has 0 amide bonds. The number of nitrogens with zero attached hydrogens (tertiary/aromatic N) is 1. The van der Waals surface area contributed by atoms with Gasteiger partial charge in [-0.25, -0.2) is 0 Å². The molecule has 0 spiro atoms. The van der Waals surface area contributed by atoms with Crippen LogP contribution in [-0.2, 0) is 0 Å². The molecule has 0 N–H and O–H groups in total. The van der Waals surface area contributed by atoms with Gasteiger partial charge in [0.25, 0.3) is 0 Å². The van der Waals surface area contributed by atoms with Crippen LogP contribution in [0.15, 0.2) is 12.3 Å². The molecule has 1 aromatic heterocycles. The maximum Gasteiger partial charge on any atom is 0.0923 e. The highest BCUT2D eigenvalue weighted by molar-refractivity contribution is 5.22.